The van der Waals surface area contributed by atoms with Crippen molar-refractivity contribution in [2.45, 2.75) is 6.04 Å². The second kappa shape index (κ2) is 10.3. The molecular weight excluding hydrogens is 466 g/mol. The fraction of sp³-hybridized carbons (Fsp3) is 0.259. The molecule has 10 heteroatoms. The zero-order valence-corrected chi connectivity index (χ0v) is 21.1. The van der Waals surface area contributed by atoms with Crippen molar-refractivity contribution in [1.82, 2.24) is 24.5 Å². The number of fused-ring (bicyclic) bond motifs is 1. The number of nitriles is 1. The van der Waals surface area contributed by atoms with E-state index in [0.717, 1.165) is 35.4 Å². The van der Waals surface area contributed by atoms with Crippen LogP contribution < -0.4 is 20.7 Å². The van der Waals surface area contributed by atoms with Gasteiger partial charge in [0.25, 0.3) is 0 Å². The van der Waals surface area contributed by atoms with Crippen molar-refractivity contribution in [2.24, 2.45) is 5.73 Å². The highest BCUT2D eigenvalue weighted by molar-refractivity contribution is 5.82. The van der Waals surface area contributed by atoms with Crippen molar-refractivity contribution in [3.63, 3.8) is 0 Å². The van der Waals surface area contributed by atoms with E-state index in [1.807, 2.05) is 48.7 Å². The zero-order chi connectivity index (χ0) is 25.9. The molecule has 1 aliphatic heterocycles. The number of hydrogen-bond acceptors (Lipinski definition) is 9. The van der Waals surface area contributed by atoms with Gasteiger partial charge in [-0.05, 0) is 37.9 Å². The van der Waals surface area contributed by atoms with Crippen molar-refractivity contribution in [2.75, 3.05) is 51.1 Å². The number of aromatic nitrogens is 4. The lowest BCUT2D eigenvalue weighted by Gasteiger charge is -2.45. The summed E-state index contributed by atoms with van der Waals surface area (Å²) in [6.45, 7) is 2.32. The molecule has 1 aromatic carbocycles. The molecule has 0 spiro atoms. The molecule has 5 rings (SSSR count). The maximum Gasteiger partial charge on any atom is 0.227 e. The van der Waals surface area contributed by atoms with Crippen LogP contribution in [0.3, 0.4) is 0 Å². The van der Waals surface area contributed by atoms with Crippen molar-refractivity contribution in [1.29, 1.82) is 5.26 Å². The summed E-state index contributed by atoms with van der Waals surface area (Å²) in [5.74, 6) is 1.01. The molecular formula is C27H29N9O. The molecule has 1 fully saturated rings. The zero-order valence-electron chi connectivity index (χ0n) is 21.1. The fourth-order valence-electron chi connectivity index (χ4n) is 4.40. The Labute approximate surface area is 215 Å². The highest BCUT2D eigenvalue weighted by atomic mass is 16.5. The minimum atomic E-state index is 0.348. The second-order valence-electron chi connectivity index (χ2n) is 9.05. The quantitative estimate of drug-likeness (QED) is 0.380. The van der Waals surface area contributed by atoms with E-state index in [2.05, 4.69) is 45.4 Å². The van der Waals surface area contributed by atoms with E-state index in [9.17, 15) is 5.26 Å². The molecule has 0 saturated carbocycles. The molecule has 10 nitrogen and oxygen atoms in total. The van der Waals surface area contributed by atoms with Gasteiger partial charge in [0.05, 0.1) is 42.0 Å². The number of anilines is 3. The van der Waals surface area contributed by atoms with Gasteiger partial charge in [-0.3, -0.25) is 0 Å². The van der Waals surface area contributed by atoms with Crippen molar-refractivity contribution in [3.05, 3.63) is 66.1 Å². The standard InChI is InChI=1S/C27H29N9O/c1-34(2)20-16-35(17-20)24-12-25(37-3)22(11-18(24)7-6-9-28)32-27-30-14-19(13-29)26(33-27)21-15-31-36-10-5-4-8-23(21)36/h4-8,10-12,14-15,20H,9,16-17,28H2,1-3H3,(H,30,32,33). The van der Waals surface area contributed by atoms with E-state index in [-0.39, 0.29) is 0 Å². The van der Waals surface area contributed by atoms with E-state index >= 15 is 0 Å². The summed E-state index contributed by atoms with van der Waals surface area (Å²) in [4.78, 5) is 13.7. The molecule has 3 aromatic heterocycles. The Morgan fingerprint density at radius 1 is 1.27 bits per heavy atom. The summed E-state index contributed by atoms with van der Waals surface area (Å²) in [5.41, 5.74) is 11.0. The number of pyridine rings is 1. The third kappa shape index (κ3) is 4.70. The summed E-state index contributed by atoms with van der Waals surface area (Å²) in [7, 11) is 5.84. The summed E-state index contributed by atoms with van der Waals surface area (Å²) in [6, 6.07) is 12.5. The van der Waals surface area contributed by atoms with Gasteiger partial charge in [-0.2, -0.15) is 10.4 Å². The minimum Gasteiger partial charge on any atom is -0.494 e. The Balaban J connectivity index is 1.52. The predicted molar refractivity (Wildman–Crippen MR) is 145 cm³/mol. The molecule has 0 radical (unpaired) electrons. The molecule has 4 aromatic rings. The number of nitrogens with two attached hydrogens (primary N) is 1. The number of rotatable bonds is 8. The van der Waals surface area contributed by atoms with Crippen LogP contribution in [0.5, 0.6) is 5.75 Å². The van der Waals surface area contributed by atoms with Crippen LogP contribution in [-0.2, 0) is 0 Å². The Morgan fingerprint density at radius 3 is 2.84 bits per heavy atom. The molecule has 4 heterocycles. The van der Waals surface area contributed by atoms with Crippen LogP contribution in [0.25, 0.3) is 22.9 Å². The first-order valence-electron chi connectivity index (χ1n) is 12.0. The number of nitrogens with zero attached hydrogens (tertiary/aromatic N) is 7. The van der Waals surface area contributed by atoms with Gasteiger partial charge in [0, 0.05) is 49.2 Å². The molecule has 1 aliphatic rings. The highest BCUT2D eigenvalue weighted by Crippen LogP contribution is 2.38. The maximum absolute atomic E-state index is 9.71. The van der Waals surface area contributed by atoms with Gasteiger partial charge in [0.2, 0.25) is 5.95 Å². The molecule has 0 atom stereocenters. The van der Waals surface area contributed by atoms with Crippen LogP contribution in [0, 0.1) is 11.3 Å². The molecule has 188 valence electrons. The Hall–Kier alpha value is -4.46. The summed E-state index contributed by atoms with van der Waals surface area (Å²) < 4.78 is 7.50. The number of nitrogens with one attached hydrogen (secondary N) is 1. The first kappa shape index (κ1) is 24.2. The number of benzene rings is 1. The lowest BCUT2D eigenvalue weighted by molar-refractivity contribution is 0.247. The average Bonchev–Trinajstić information content (AvgIpc) is 3.31. The third-order valence-corrected chi connectivity index (χ3v) is 6.55. The molecule has 37 heavy (non-hydrogen) atoms. The van der Waals surface area contributed by atoms with Crippen molar-refractivity contribution >= 4 is 28.9 Å². The number of methoxy groups -OCH3 is 1. The van der Waals surface area contributed by atoms with E-state index in [1.165, 1.54) is 6.20 Å². The molecule has 0 aliphatic carbocycles. The number of likely N-dealkylation sites (N-methyl/N-ethyl adjacent to an activating group) is 1. The average molecular weight is 496 g/mol. The van der Waals surface area contributed by atoms with Gasteiger partial charge in [-0.15, -0.1) is 0 Å². The van der Waals surface area contributed by atoms with Crippen LogP contribution in [0.4, 0.5) is 17.3 Å². The van der Waals surface area contributed by atoms with E-state index in [4.69, 9.17) is 15.5 Å². The van der Waals surface area contributed by atoms with Gasteiger partial charge in [-0.1, -0.05) is 18.2 Å². The van der Waals surface area contributed by atoms with E-state index in [1.54, 1.807) is 17.8 Å². The molecule has 0 bridgehead atoms. The fourth-order valence-corrected chi connectivity index (χ4v) is 4.40. The lowest BCUT2D eigenvalue weighted by atomic mass is 10.0. The summed E-state index contributed by atoms with van der Waals surface area (Å²) in [6.07, 6.45) is 9.04. The normalized spacial score (nSPS) is 13.8. The van der Waals surface area contributed by atoms with Gasteiger partial charge in [0.15, 0.2) is 0 Å². The van der Waals surface area contributed by atoms with Crippen LogP contribution in [0.1, 0.15) is 11.1 Å². The molecule has 0 unspecified atom stereocenters. The molecule has 3 N–H and O–H groups in total. The van der Waals surface area contributed by atoms with Crippen LogP contribution in [0.2, 0.25) is 0 Å². The van der Waals surface area contributed by atoms with Gasteiger partial charge >= 0.3 is 0 Å². The smallest absolute Gasteiger partial charge is 0.227 e. The molecule has 0 amide bonds. The predicted octanol–water partition coefficient (Wildman–Crippen LogP) is 3.14. The first-order valence-corrected chi connectivity index (χ1v) is 12.0. The Morgan fingerprint density at radius 2 is 2.11 bits per heavy atom. The Kier molecular flexibility index (Phi) is 6.72. The van der Waals surface area contributed by atoms with Gasteiger partial charge in [-0.25, -0.2) is 14.5 Å². The third-order valence-electron chi connectivity index (χ3n) is 6.55. The second-order valence-corrected chi connectivity index (χ2v) is 9.05. The maximum atomic E-state index is 9.71. The first-order chi connectivity index (χ1) is 18.0. The van der Waals surface area contributed by atoms with Crippen LogP contribution >= 0.6 is 0 Å². The topological polar surface area (TPSA) is 121 Å². The van der Waals surface area contributed by atoms with Crippen LogP contribution in [0.15, 0.2) is 55.0 Å². The molecule has 1 saturated heterocycles. The minimum absolute atomic E-state index is 0.348. The lowest BCUT2D eigenvalue weighted by Crippen LogP contribution is -2.57. The van der Waals surface area contributed by atoms with Crippen molar-refractivity contribution in [3.8, 4) is 23.1 Å². The highest BCUT2D eigenvalue weighted by Gasteiger charge is 2.30. The van der Waals surface area contributed by atoms with Crippen molar-refractivity contribution < 1.29 is 4.74 Å². The van der Waals surface area contributed by atoms with Gasteiger partial charge < -0.3 is 25.6 Å². The van der Waals surface area contributed by atoms with Gasteiger partial charge in [0.1, 0.15) is 11.8 Å². The summed E-state index contributed by atoms with van der Waals surface area (Å²) in [5, 5.41) is 17.4. The largest absolute Gasteiger partial charge is 0.494 e. The monoisotopic (exact) mass is 495 g/mol. The van der Waals surface area contributed by atoms with E-state index < -0.39 is 0 Å². The SMILES string of the molecule is COc1cc(N2CC(N(C)C)C2)c(C=CCN)cc1Nc1ncc(C#N)c(-c2cnn3ccccc23)n1. The Bertz CT molecular complexity index is 1500. The number of hydrogen-bond donors (Lipinski definition) is 2. The number of ether oxygens (including phenoxy) is 1. The van der Waals surface area contributed by atoms with E-state index in [0.29, 0.717) is 41.2 Å². The summed E-state index contributed by atoms with van der Waals surface area (Å²) >= 11 is 0. The van der Waals surface area contributed by atoms with Crippen LogP contribution in [-0.4, -0.2) is 71.4 Å².